The molecule has 0 aliphatic rings. The number of amides is 1. The monoisotopic (exact) mass is 210 g/mol. The Kier molecular flexibility index (Phi) is 3.95. The van der Waals surface area contributed by atoms with Crippen molar-refractivity contribution in [1.29, 1.82) is 0 Å². The lowest BCUT2D eigenvalue weighted by molar-refractivity contribution is -0.127. The largest absolute Gasteiger partial charge is 0.348 e. The molecule has 0 spiro atoms. The zero-order valence-electron chi connectivity index (χ0n) is 8.60. The van der Waals surface area contributed by atoms with Crippen molar-refractivity contribution in [3.63, 3.8) is 0 Å². The Morgan fingerprint density at radius 1 is 1.50 bits per heavy atom. The minimum absolute atomic E-state index is 0.0834. The first-order valence-electron chi connectivity index (χ1n) is 4.40. The van der Waals surface area contributed by atoms with Gasteiger partial charge in [-0.3, -0.25) is 4.79 Å². The van der Waals surface area contributed by atoms with Crippen LogP contribution in [0.2, 0.25) is 0 Å². The predicted molar refractivity (Wildman–Crippen MR) is 58.3 cm³/mol. The van der Waals surface area contributed by atoms with Gasteiger partial charge in [-0.05, 0) is 19.1 Å². The van der Waals surface area contributed by atoms with Crippen LogP contribution in [0.25, 0.3) is 0 Å². The number of pyridine rings is 1. The molecule has 1 aromatic rings. The summed E-state index contributed by atoms with van der Waals surface area (Å²) in [5, 5.41) is 0.801. The number of nitrogens with zero attached hydrogens (tertiary/aromatic N) is 2. The predicted octanol–water partition coefficient (Wildman–Crippen LogP) is 1.65. The Morgan fingerprint density at radius 2 is 2.21 bits per heavy atom. The van der Waals surface area contributed by atoms with Gasteiger partial charge in [0, 0.05) is 20.3 Å². The summed E-state index contributed by atoms with van der Waals surface area (Å²) in [4.78, 5) is 17.3. The number of hydrogen-bond acceptors (Lipinski definition) is 3. The molecule has 4 heteroatoms. The molecule has 1 aromatic heterocycles. The van der Waals surface area contributed by atoms with Crippen molar-refractivity contribution in [2.75, 3.05) is 14.1 Å². The first kappa shape index (κ1) is 11.0. The second-order valence-corrected chi connectivity index (χ2v) is 4.52. The first-order chi connectivity index (χ1) is 6.61. The Hall–Kier alpha value is -1.03. The van der Waals surface area contributed by atoms with Crippen LogP contribution in [0, 0.1) is 0 Å². The van der Waals surface area contributed by atoms with E-state index in [1.54, 1.807) is 25.2 Å². The van der Waals surface area contributed by atoms with E-state index in [2.05, 4.69) is 4.98 Å². The van der Waals surface area contributed by atoms with Crippen molar-refractivity contribution in [3.05, 3.63) is 24.4 Å². The Morgan fingerprint density at radius 3 is 2.71 bits per heavy atom. The van der Waals surface area contributed by atoms with Crippen molar-refractivity contribution < 1.29 is 4.79 Å². The molecule has 0 bridgehead atoms. The molecule has 1 atom stereocenters. The van der Waals surface area contributed by atoms with Gasteiger partial charge in [-0.15, -0.1) is 0 Å². The van der Waals surface area contributed by atoms with E-state index in [1.165, 1.54) is 11.8 Å². The van der Waals surface area contributed by atoms with Crippen LogP contribution < -0.4 is 0 Å². The van der Waals surface area contributed by atoms with E-state index >= 15 is 0 Å². The van der Waals surface area contributed by atoms with Gasteiger partial charge in [0.05, 0.1) is 10.3 Å². The Labute approximate surface area is 88.5 Å². The molecule has 0 fully saturated rings. The summed E-state index contributed by atoms with van der Waals surface area (Å²) in [6.45, 7) is 1.89. The molecule has 14 heavy (non-hydrogen) atoms. The molecule has 1 unspecified atom stereocenters. The van der Waals surface area contributed by atoms with Crippen LogP contribution in [-0.4, -0.2) is 35.1 Å². The lowest BCUT2D eigenvalue weighted by Crippen LogP contribution is -2.29. The first-order valence-corrected chi connectivity index (χ1v) is 5.28. The van der Waals surface area contributed by atoms with Gasteiger partial charge in [0.25, 0.3) is 0 Å². The van der Waals surface area contributed by atoms with E-state index < -0.39 is 0 Å². The SMILES string of the molecule is CC(Sc1ccccn1)C(=O)N(C)C. The molecule has 0 aliphatic carbocycles. The molecule has 1 rings (SSSR count). The molecule has 76 valence electrons. The van der Waals surface area contributed by atoms with E-state index in [4.69, 9.17) is 0 Å². The summed E-state index contributed by atoms with van der Waals surface area (Å²) in [5.41, 5.74) is 0. The molecule has 0 aromatic carbocycles. The van der Waals surface area contributed by atoms with Crippen molar-refractivity contribution in [3.8, 4) is 0 Å². The third-order valence-corrected chi connectivity index (χ3v) is 2.76. The maximum Gasteiger partial charge on any atom is 0.235 e. The number of carbonyl (C=O) groups is 1. The van der Waals surface area contributed by atoms with Crippen LogP contribution in [0.4, 0.5) is 0 Å². The van der Waals surface area contributed by atoms with Crippen LogP contribution in [0.3, 0.4) is 0 Å². The summed E-state index contributed by atoms with van der Waals surface area (Å²) >= 11 is 1.48. The van der Waals surface area contributed by atoms with Crippen molar-refractivity contribution >= 4 is 17.7 Å². The standard InChI is InChI=1S/C10H14N2OS/c1-8(10(13)12(2)3)14-9-6-4-5-7-11-9/h4-8H,1-3H3. The highest BCUT2D eigenvalue weighted by Crippen LogP contribution is 2.21. The average Bonchev–Trinajstić information content (AvgIpc) is 2.18. The third kappa shape index (κ3) is 3.03. The fraction of sp³-hybridized carbons (Fsp3) is 0.400. The van der Waals surface area contributed by atoms with Crippen LogP contribution in [-0.2, 0) is 4.79 Å². The van der Waals surface area contributed by atoms with Gasteiger partial charge in [0.1, 0.15) is 0 Å². The summed E-state index contributed by atoms with van der Waals surface area (Å²) in [6.07, 6.45) is 1.73. The van der Waals surface area contributed by atoms with E-state index in [9.17, 15) is 4.79 Å². The molecule has 0 N–H and O–H groups in total. The normalized spacial score (nSPS) is 12.2. The summed E-state index contributed by atoms with van der Waals surface area (Å²) < 4.78 is 0. The van der Waals surface area contributed by atoms with Crippen LogP contribution in [0.1, 0.15) is 6.92 Å². The lowest BCUT2D eigenvalue weighted by Gasteiger charge is -2.15. The van der Waals surface area contributed by atoms with Crippen LogP contribution >= 0.6 is 11.8 Å². The second-order valence-electron chi connectivity index (χ2n) is 3.16. The molecular weight excluding hydrogens is 196 g/mol. The van der Waals surface area contributed by atoms with Gasteiger partial charge in [-0.1, -0.05) is 17.8 Å². The van der Waals surface area contributed by atoms with E-state index in [-0.39, 0.29) is 11.2 Å². The Bertz CT molecular complexity index is 300. The van der Waals surface area contributed by atoms with Crippen LogP contribution in [0.15, 0.2) is 29.4 Å². The lowest BCUT2D eigenvalue weighted by atomic mass is 10.4. The van der Waals surface area contributed by atoms with Gasteiger partial charge in [-0.2, -0.15) is 0 Å². The Balaban J connectivity index is 2.57. The summed E-state index contributed by atoms with van der Waals surface area (Å²) in [6, 6.07) is 5.69. The third-order valence-electron chi connectivity index (χ3n) is 1.72. The maximum atomic E-state index is 11.5. The fourth-order valence-electron chi connectivity index (χ4n) is 1.01. The number of aromatic nitrogens is 1. The van der Waals surface area contributed by atoms with Gasteiger partial charge in [0.2, 0.25) is 5.91 Å². The number of carbonyl (C=O) groups excluding carboxylic acids is 1. The maximum absolute atomic E-state index is 11.5. The second kappa shape index (κ2) is 5.00. The van der Waals surface area contributed by atoms with Crippen molar-refractivity contribution in [2.45, 2.75) is 17.2 Å². The molecule has 0 aliphatic heterocycles. The minimum atomic E-state index is -0.0834. The van der Waals surface area contributed by atoms with E-state index in [0.29, 0.717) is 0 Å². The van der Waals surface area contributed by atoms with Crippen LogP contribution in [0.5, 0.6) is 0 Å². The highest BCUT2D eigenvalue weighted by atomic mass is 32.2. The van der Waals surface area contributed by atoms with Crippen molar-refractivity contribution in [2.24, 2.45) is 0 Å². The average molecular weight is 210 g/mol. The topological polar surface area (TPSA) is 33.2 Å². The van der Waals surface area contributed by atoms with E-state index in [1.807, 2.05) is 25.1 Å². The molecule has 0 saturated carbocycles. The van der Waals surface area contributed by atoms with Gasteiger partial charge in [-0.25, -0.2) is 4.98 Å². The van der Waals surface area contributed by atoms with Gasteiger partial charge < -0.3 is 4.90 Å². The zero-order chi connectivity index (χ0) is 10.6. The quantitative estimate of drug-likeness (QED) is 0.711. The number of thioether (sulfide) groups is 1. The number of rotatable bonds is 3. The molecule has 0 radical (unpaired) electrons. The molecule has 1 heterocycles. The highest BCUT2D eigenvalue weighted by molar-refractivity contribution is 8.00. The van der Waals surface area contributed by atoms with Gasteiger partial charge in [0.15, 0.2) is 0 Å². The fourth-order valence-corrected chi connectivity index (χ4v) is 1.96. The smallest absolute Gasteiger partial charge is 0.235 e. The molecule has 1 amide bonds. The molecular formula is C10H14N2OS. The number of hydrogen-bond donors (Lipinski definition) is 0. The van der Waals surface area contributed by atoms with Gasteiger partial charge >= 0.3 is 0 Å². The summed E-state index contributed by atoms with van der Waals surface area (Å²) in [7, 11) is 3.52. The molecule has 3 nitrogen and oxygen atoms in total. The van der Waals surface area contributed by atoms with Crippen molar-refractivity contribution in [1.82, 2.24) is 9.88 Å². The molecule has 0 saturated heterocycles. The highest BCUT2D eigenvalue weighted by Gasteiger charge is 2.16. The summed E-state index contributed by atoms with van der Waals surface area (Å²) in [5.74, 6) is 0.112. The van der Waals surface area contributed by atoms with E-state index in [0.717, 1.165) is 5.03 Å². The zero-order valence-corrected chi connectivity index (χ0v) is 9.41. The minimum Gasteiger partial charge on any atom is -0.348 e.